The van der Waals surface area contributed by atoms with E-state index in [9.17, 15) is 10.1 Å². The average Bonchev–Trinajstić information content (AvgIpc) is 2.65. The van der Waals surface area contributed by atoms with E-state index in [0.29, 0.717) is 27.9 Å². The third kappa shape index (κ3) is 4.93. The Bertz CT molecular complexity index is 933. The summed E-state index contributed by atoms with van der Waals surface area (Å²) < 4.78 is 10.4. The first kappa shape index (κ1) is 20.1. The number of carbonyl (C=O) groups excluding carboxylic acids is 1. The van der Waals surface area contributed by atoms with E-state index < -0.39 is 5.91 Å². The van der Waals surface area contributed by atoms with Crippen LogP contribution in [0.15, 0.2) is 42.1 Å². The zero-order valence-electron chi connectivity index (χ0n) is 15.5. The van der Waals surface area contributed by atoms with E-state index in [-0.39, 0.29) is 5.57 Å². The standard InChI is InChI=1S/C20H20ClN3O3/c1-12-5-6-16(13(2)7-12)24-20(25)14(10-22)11-23-17-9-18(26-3)15(21)8-19(17)27-4/h5-9,11,23H,1-4H3,(H,24,25)/b14-11-. The maximum Gasteiger partial charge on any atom is 0.267 e. The molecule has 0 bridgehead atoms. The quantitative estimate of drug-likeness (QED) is 0.567. The molecule has 140 valence electrons. The van der Waals surface area contributed by atoms with Crippen LogP contribution in [-0.2, 0) is 4.79 Å². The smallest absolute Gasteiger partial charge is 0.267 e. The average molecular weight is 386 g/mol. The zero-order valence-corrected chi connectivity index (χ0v) is 16.3. The van der Waals surface area contributed by atoms with Crippen LogP contribution >= 0.6 is 11.6 Å². The second-order valence-electron chi connectivity index (χ2n) is 5.77. The normalized spacial score (nSPS) is 10.7. The van der Waals surface area contributed by atoms with Gasteiger partial charge >= 0.3 is 0 Å². The Hall–Kier alpha value is -3.17. The minimum Gasteiger partial charge on any atom is -0.495 e. The molecule has 0 spiro atoms. The number of halogens is 1. The first-order valence-corrected chi connectivity index (χ1v) is 8.44. The van der Waals surface area contributed by atoms with Gasteiger partial charge in [-0.05, 0) is 25.5 Å². The van der Waals surface area contributed by atoms with Crippen molar-refractivity contribution < 1.29 is 14.3 Å². The Morgan fingerprint density at radius 1 is 1.11 bits per heavy atom. The number of anilines is 2. The summed E-state index contributed by atoms with van der Waals surface area (Å²) in [7, 11) is 2.98. The van der Waals surface area contributed by atoms with Gasteiger partial charge in [0.1, 0.15) is 23.1 Å². The highest BCUT2D eigenvalue weighted by Gasteiger charge is 2.13. The molecule has 2 rings (SSSR count). The number of nitrogens with one attached hydrogen (secondary N) is 2. The van der Waals surface area contributed by atoms with Gasteiger partial charge < -0.3 is 20.1 Å². The second kappa shape index (κ2) is 8.97. The maximum atomic E-state index is 12.4. The fraction of sp³-hybridized carbons (Fsp3) is 0.200. The van der Waals surface area contributed by atoms with Crippen molar-refractivity contribution in [2.24, 2.45) is 0 Å². The first-order valence-electron chi connectivity index (χ1n) is 8.06. The molecule has 27 heavy (non-hydrogen) atoms. The molecule has 2 aromatic rings. The third-order valence-electron chi connectivity index (χ3n) is 3.84. The van der Waals surface area contributed by atoms with Gasteiger partial charge in [0, 0.05) is 24.0 Å². The van der Waals surface area contributed by atoms with Crippen molar-refractivity contribution in [2.75, 3.05) is 24.9 Å². The molecule has 0 aliphatic heterocycles. The molecule has 0 fully saturated rings. The van der Waals surface area contributed by atoms with Crippen molar-refractivity contribution in [3.63, 3.8) is 0 Å². The van der Waals surface area contributed by atoms with Crippen molar-refractivity contribution in [1.29, 1.82) is 5.26 Å². The number of aryl methyl sites for hydroxylation is 2. The molecule has 7 heteroatoms. The van der Waals surface area contributed by atoms with Crippen LogP contribution in [0.5, 0.6) is 11.5 Å². The van der Waals surface area contributed by atoms with E-state index in [4.69, 9.17) is 21.1 Å². The molecule has 6 nitrogen and oxygen atoms in total. The summed E-state index contributed by atoms with van der Waals surface area (Å²) in [5, 5.41) is 15.4. The summed E-state index contributed by atoms with van der Waals surface area (Å²) in [6.07, 6.45) is 1.31. The van der Waals surface area contributed by atoms with Gasteiger partial charge in [-0.2, -0.15) is 5.26 Å². The van der Waals surface area contributed by atoms with Crippen molar-refractivity contribution in [3.05, 3.63) is 58.3 Å². The number of ether oxygens (including phenoxy) is 2. The second-order valence-corrected chi connectivity index (χ2v) is 6.18. The van der Waals surface area contributed by atoms with Gasteiger partial charge in [0.25, 0.3) is 5.91 Å². The molecule has 0 saturated carbocycles. The van der Waals surface area contributed by atoms with Crippen molar-refractivity contribution in [1.82, 2.24) is 0 Å². The van der Waals surface area contributed by atoms with Crippen molar-refractivity contribution in [3.8, 4) is 17.6 Å². The van der Waals surface area contributed by atoms with Crippen LogP contribution in [0.4, 0.5) is 11.4 Å². The van der Waals surface area contributed by atoms with Crippen LogP contribution in [0.2, 0.25) is 5.02 Å². The Morgan fingerprint density at radius 3 is 2.41 bits per heavy atom. The van der Waals surface area contributed by atoms with Gasteiger partial charge in [-0.3, -0.25) is 4.79 Å². The molecule has 2 N–H and O–H groups in total. The van der Waals surface area contributed by atoms with Gasteiger partial charge in [0.05, 0.1) is 24.9 Å². The van der Waals surface area contributed by atoms with Gasteiger partial charge in [-0.25, -0.2) is 0 Å². The monoisotopic (exact) mass is 385 g/mol. The molecule has 0 radical (unpaired) electrons. The lowest BCUT2D eigenvalue weighted by Crippen LogP contribution is -2.15. The predicted octanol–water partition coefficient (Wildman–Crippen LogP) is 4.43. The van der Waals surface area contributed by atoms with E-state index in [2.05, 4.69) is 10.6 Å². The van der Waals surface area contributed by atoms with E-state index in [0.717, 1.165) is 11.1 Å². The summed E-state index contributed by atoms with van der Waals surface area (Å²) in [5.74, 6) is 0.368. The summed E-state index contributed by atoms with van der Waals surface area (Å²) in [6, 6.07) is 10.7. The molecule has 0 aliphatic rings. The predicted molar refractivity (Wildman–Crippen MR) is 106 cm³/mol. The molecule has 1 amide bonds. The van der Waals surface area contributed by atoms with E-state index in [1.807, 2.05) is 32.0 Å². The summed E-state index contributed by atoms with van der Waals surface area (Å²) in [4.78, 5) is 12.4. The molecular weight excluding hydrogens is 366 g/mol. The molecule has 0 aromatic heterocycles. The van der Waals surface area contributed by atoms with Crippen LogP contribution in [0, 0.1) is 25.2 Å². The number of carbonyl (C=O) groups is 1. The van der Waals surface area contributed by atoms with Gasteiger partial charge in [0.2, 0.25) is 0 Å². The van der Waals surface area contributed by atoms with Gasteiger partial charge in [-0.1, -0.05) is 29.3 Å². The third-order valence-corrected chi connectivity index (χ3v) is 4.14. The molecule has 0 unspecified atom stereocenters. The fourth-order valence-corrected chi connectivity index (χ4v) is 2.65. The molecule has 0 saturated heterocycles. The lowest BCUT2D eigenvalue weighted by Gasteiger charge is -2.12. The highest BCUT2D eigenvalue weighted by molar-refractivity contribution is 6.32. The number of benzene rings is 2. The Balaban J connectivity index is 2.23. The summed E-state index contributed by atoms with van der Waals surface area (Å²) in [5.41, 5.74) is 3.07. The molecule has 2 aromatic carbocycles. The van der Waals surface area contributed by atoms with Gasteiger partial charge in [0.15, 0.2) is 0 Å². The molecule has 0 aliphatic carbocycles. The maximum absolute atomic E-state index is 12.4. The van der Waals surface area contributed by atoms with E-state index in [1.54, 1.807) is 18.2 Å². The number of hydrogen-bond donors (Lipinski definition) is 2. The van der Waals surface area contributed by atoms with Crippen molar-refractivity contribution in [2.45, 2.75) is 13.8 Å². The number of hydrogen-bond acceptors (Lipinski definition) is 5. The van der Waals surface area contributed by atoms with Crippen LogP contribution in [0.1, 0.15) is 11.1 Å². The topological polar surface area (TPSA) is 83.4 Å². The largest absolute Gasteiger partial charge is 0.495 e. The first-order chi connectivity index (χ1) is 12.9. The Morgan fingerprint density at radius 2 is 1.81 bits per heavy atom. The number of rotatable bonds is 6. The highest BCUT2D eigenvalue weighted by atomic mass is 35.5. The van der Waals surface area contributed by atoms with E-state index in [1.165, 1.54) is 20.4 Å². The Kier molecular flexibility index (Phi) is 6.69. The number of methoxy groups -OCH3 is 2. The molecule has 0 heterocycles. The highest BCUT2D eigenvalue weighted by Crippen LogP contribution is 2.35. The van der Waals surface area contributed by atoms with Crippen LogP contribution < -0.4 is 20.1 Å². The minimum absolute atomic E-state index is 0.0917. The molecule has 0 atom stereocenters. The Labute approximate surface area is 163 Å². The SMILES string of the molecule is COc1cc(N/C=C(/C#N)C(=O)Nc2ccc(C)cc2C)c(OC)cc1Cl. The van der Waals surface area contributed by atoms with E-state index >= 15 is 0 Å². The number of nitrogens with zero attached hydrogens (tertiary/aromatic N) is 1. The van der Waals surface area contributed by atoms with Crippen LogP contribution in [0.3, 0.4) is 0 Å². The van der Waals surface area contributed by atoms with Crippen LogP contribution in [0.25, 0.3) is 0 Å². The lowest BCUT2D eigenvalue weighted by molar-refractivity contribution is -0.112. The minimum atomic E-state index is -0.517. The number of amides is 1. The van der Waals surface area contributed by atoms with Gasteiger partial charge in [-0.15, -0.1) is 0 Å². The number of nitriles is 1. The van der Waals surface area contributed by atoms with Crippen molar-refractivity contribution >= 4 is 28.9 Å². The zero-order chi connectivity index (χ0) is 20.0. The fourth-order valence-electron chi connectivity index (χ4n) is 2.42. The lowest BCUT2D eigenvalue weighted by atomic mass is 10.1. The summed E-state index contributed by atoms with van der Waals surface area (Å²) in [6.45, 7) is 3.86. The molecular formula is C20H20ClN3O3. The summed E-state index contributed by atoms with van der Waals surface area (Å²) >= 11 is 6.07. The van der Waals surface area contributed by atoms with Crippen LogP contribution in [-0.4, -0.2) is 20.1 Å².